The molecule has 2 aromatic rings. The van der Waals surface area contributed by atoms with Gasteiger partial charge in [0.25, 0.3) is 0 Å². The molecule has 1 aromatic carbocycles. The van der Waals surface area contributed by atoms with Gasteiger partial charge in [-0.1, -0.05) is 23.3 Å². The summed E-state index contributed by atoms with van der Waals surface area (Å²) < 4.78 is 5.39. The lowest BCUT2D eigenvalue weighted by Gasteiger charge is -2.12. The van der Waals surface area contributed by atoms with Gasteiger partial charge in [-0.05, 0) is 17.7 Å². The number of aliphatic hydroxyl groups is 2. The fourth-order valence-electron chi connectivity index (χ4n) is 1.56. The molecule has 1 heterocycles. The highest BCUT2D eigenvalue weighted by Crippen LogP contribution is 2.25. The van der Waals surface area contributed by atoms with Gasteiger partial charge in [-0.15, -0.1) is 0 Å². The molecule has 0 aliphatic carbocycles. The molecule has 2 unspecified atom stereocenters. The van der Waals surface area contributed by atoms with Gasteiger partial charge in [-0.3, -0.25) is 0 Å². The minimum Gasteiger partial charge on any atom is -0.458 e. The largest absolute Gasteiger partial charge is 0.458 e. The second-order valence-electron chi connectivity index (χ2n) is 3.61. The number of nitrogens with zero attached hydrogens (tertiary/aromatic N) is 3. The number of azide groups is 1. The second kappa shape index (κ2) is 4.88. The number of hydrogen-bond acceptors (Lipinski definition) is 4. The SMILES string of the molecule is [N-]=[N+]=NCC(O)C(O)c1cc2ccccc2o1. The van der Waals surface area contributed by atoms with Gasteiger partial charge >= 0.3 is 0 Å². The Hall–Kier alpha value is -2.01. The minimum absolute atomic E-state index is 0.200. The summed E-state index contributed by atoms with van der Waals surface area (Å²) >= 11 is 0. The number of fused-ring (bicyclic) bond motifs is 1. The first-order valence-electron chi connectivity index (χ1n) is 5.08. The smallest absolute Gasteiger partial charge is 0.138 e. The van der Waals surface area contributed by atoms with Crippen LogP contribution in [-0.2, 0) is 0 Å². The van der Waals surface area contributed by atoms with Crippen LogP contribution in [0.5, 0.6) is 0 Å². The zero-order valence-corrected chi connectivity index (χ0v) is 8.89. The predicted molar refractivity (Wildman–Crippen MR) is 61.2 cm³/mol. The van der Waals surface area contributed by atoms with E-state index in [1.165, 1.54) is 0 Å². The molecule has 6 heteroatoms. The summed E-state index contributed by atoms with van der Waals surface area (Å²) in [6.45, 7) is -0.200. The first-order chi connectivity index (χ1) is 8.22. The molecule has 0 spiro atoms. The van der Waals surface area contributed by atoms with Crippen LogP contribution >= 0.6 is 0 Å². The molecule has 0 saturated heterocycles. The molecule has 2 N–H and O–H groups in total. The van der Waals surface area contributed by atoms with Crippen molar-refractivity contribution in [3.8, 4) is 0 Å². The Balaban J connectivity index is 2.23. The third kappa shape index (κ3) is 2.39. The van der Waals surface area contributed by atoms with Crippen molar-refractivity contribution in [2.75, 3.05) is 6.54 Å². The minimum atomic E-state index is -1.20. The van der Waals surface area contributed by atoms with Crippen LogP contribution in [0, 0.1) is 0 Å². The van der Waals surface area contributed by atoms with Gasteiger partial charge in [-0.25, -0.2) is 0 Å². The van der Waals surface area contributed by atoms with E-state index < -0.39 is 12.2 Å². The van der Waals surface area contributed by atoms with Gasteiger partial charge in [0.2, 0.25) is 0 Å². The zero-order valence-electron chi connectivity index (χ0n) is 8.89. The first-order valence-corrected chi connectivity index (χ1v) is 5.08. The highest BCUT2D eigenvalue weighted by atomic mass is 16.4. The van der Waals surface area contributed by atoms with E-state index in [1.807, 2.05) is 18.2 Å². The number of aliphatic hydroxyl groups excluding tert-OH is 2. The molecule has 0 aliphatic heterocycles. The fraction of sp³-hybridized carbons (Fsp3) is 0.273. The van der Waals surface area contributed by atoms with Crippen LogP contribution < -0.4 is 0 Å². The summed E-state index contributed by atoms with van der Waals surface area (Å²) in [5.41, 5.74) is 8.76. The van der Waals surface area contributed by atoms with E-state index in [-0.39, 0.29) is 12.3 Å². The van der Waals surface area contributed by atoms with E-state index in [2.05, 4.69) is 10.0 Å². The maximum atomic E-state index is 9.79. The van der Waals surface area contributed by atoms with Crippen LogP contribution in [-0.4, -0.2) is 22.9 Å². The molecule has 0 fully saturated rings. The Morgan fingerprint density at radius 2 is 2.12 bits per heavy atom. The quantitative estimate of drug-likeness (QED) is 0.480. The molecule has 0 radical (unpaired) electrons. The lowest BCUT2D eigenvalue weighted by molar-refractivity contribution is 0.0121. The highest BCUT2D eigenvalue weighted by Gasteiger charge is 2.21. The van der Waals surface area contributed by atoms with Gasteiger partial charge < -0.3 is 14.6 Å². The molecular weight excluding hydrogens is 222 g/mol. The average Bonchev–Trinajstić information content (AvgIpc) is 2.78. The number of para-hydroxylation sites is 1. The molecule has 0 amide bonds. The summed E-state index contributed by atoms with van der Waals surface area (Å²) in [5.74, 6) is 0.256. The van der Waals surface area contributed by atoms with Crippen molar-refractivity contribution in [3.63, 3.8) is 0 Å². The maximum Gasteiger partial charge on any atom is 0.138 e. The monoisotopic (exact) mass is 233 g/mol. The number of benzene rings is 1. The van der Waals surface area contributed by atoms with Crippen molar-refractivity contribution in [1.82, 2.24) is 0 Å². The Morgan fingerprint density at radius 3 is 2.82 bits per heavy atom. The molecule has 6 nitrogen and oxygen atoms in total. The van der Waals surface area contributed by atoms with E-state index in [9.17, 15) is 10.2 Å². The standard InChI is InChI=1S/C11H11N3O3/c12-14-13-6-8(15)11(16)10-5-7-3-1-2-4-9(7)17-10/h1-5,8,11,15-16H,6H2. The molecule has 0 aliphatic rings. The third-order valence-corrected chi connectivity index (χ3v) is 2.43. The van der Waals surface area contributed by atoms with Gasteiger partial charge in [0.1, 0.15) is 17.4 Å². The molecule has 88 valence electrons. The van der Waals surface area contributed by atoms with Crippen LogP contribution in [0.3, 0.4) is 0 Å². The van der Waals surface area contributed by atoms with Crippen molar-refractivity contribution in [1.29, 1.82) is 0 Å². The number of hydrogen-bond donors (Lipinski definition) is 2. The molecule has 0 bridgehead atoms. The number of rotatable bonds is 4. The first kappa shape index (κ1) is 11.5. The Bertz CT molecular complexity index is 527. The molecule has 17 heavy (non-hydrogen) atoms. The zero-order chi connectivity index (χ0) is 12.3. The van der Waals surface area contributed by atoms with Crippen molar-refractivity contribution >= 4 is 11.0 Å². The van der Waals surface area contributed by atoms with Crippen LogP contribution in [0.4, 0.5) is 0 Å². The van der Waals surface area contributed by atoms with E-state index in [0.717, 1.165) is 5.39 Å². The Labute approximate surface area is 96.7 Å². The van der Waals surface area contributed by atoms with Crippen molar-refractivity contribution in [3.05, 3.63) is 46.5 Å². The van der Waals surface area contributed by atoms with Crippen molar-refractivity contribution in [2.24, 2.45) is 5.11 Å². The molecule has 2 atom stereocenters. The highest BCUT2D eigenvalue weighted by molar-refractivity contribution is 5.77. The van der Waals surface area contributed by atoms with Gasteiger partial charge in [0.15, 0.2) is 0 Å². The lowest BCUT2D eigenvalue weighted by Crippen LogP contribution is -2.20. The van der Waals surface area contributed by atoms with Gasteiger partial charge in [0, 0.05) is 10.3 Å². The van der Waals surface area contributed by atoms with E-state index in [0.29, 0.717) is 5.58 Å². The second-order valence-corrected chi connectivity index (χ2v) is 3.61. The van der Waals surface area contributed by atoms with E-state index in [4.69, 9.17) is 9.95 Å². The van der Waals surface area contributed by atoms with Gasteiger partial charge in [-0.2, -0.15) is 0 Å². The molecule has 1 aromatic heterocycles. The Kier molecular flexibility index (Phi) is 3.30. The van der Waals surface area contributed by atoms with Crippen LogP contribution in [0.1, 0.15) is 11.9 Å². The van der Waals surface area contributed by atoms with Crippen molar-refractivity contribution < 1.29 is 14.6 Å². The van der Waals surface area contributed by atoms with Crippen LogP contribution in [0.2, 0.25) is 0 Å². The van der Waals surface area contributed by atoms with Crippen LogP contribution in [0.15, 0.2) is 39.9 Å². The van der Waals surface area contributed by atoms with Crippen LogP contribution in [0.25, 0.3) is 21.4 Å². The van der Waals surface area contributed by atoms with E-state index >= 15 is 0 Å². The topological polar surface area (TPSA) is 102 Å². The molecular formula is C11H11N3O3. The van der Waals surface area contributed by atoms with Gasteiger partial charge in [0.05, 0.1) is 12.6 Å². The summed E-state index contributed by atoms with van der Waals surface area (Å²) in [5, 5.41) is 23.4. The predicted octanol–water partition coefficient (Wildman–Crippen LogP) is 2.14. The summed E-state index contributed by atoms with van der Waals surface area (Å²) in [6.07, 6.45) is -2.38. The average molecular weight is 233 g/mol. The summed E-state index contributed by atoms with van der Waals surface area (Å²) in [6, 6.07) is 8.93. The normalized spacial score (nSPS) is 14.2. The molecule has 0 saturated carbocycles. The summed E-state index contributed by atoms with van der Waals surface area (Å²) in [4.78, 5) is 2.52. The lowest BCUT2D eigenvalue weighted by atomic mass is 10.1. The molecule has 2 rings (SSSR count). The van der Waals surface area contributed by atoms with Crippen molar-refractivity contribution in [2.45, 2.75) is 12.2 Å². The third-order valence-electron chi connectivity index (χ3n) is 2.43. The Morgan fingerprint density at radius 1 is 1.35 bits per heavy atom. The van der Waals surface area contributed by atoms with E-state index in [1.54, 1.807) is 12.1 Å². The summed E-state index contributed by atoms with van der Waals surface area (Å²) in [7, 11) is 0. The maximum absolute atomic E-state index is 9.79. The fourth-order valence-corrected chi connectivity index (χ4v) is 1.56. The number of furan rings is 1.